The first-order valence-electron chi connectivity index (χ1n) is 4.46. The molecule has 0 bridgehead atoms. The van der Waals surface area contributed by atoms with Crippen molar-refractivity contribution in [1.82, 2.24) is 9.97 Å². The van der Waals surface area contributed by atoms with E-state index in [4.69, 9.17) is 11.6 Å². The molecule has 2 rings (SSSR count). The number of sulfonamides is 1. The third kappa shape index (κ3) is 2.40. The number of benzene rings is 1. The lowest BCUT2D eigenvalue weighted by Gasteiger charge is -2.08. The summed E-state index contributed by atoms with van der Waals surface area (Å²) in [7, 11) is -3.91. The maximum absolute atomic E-state index is 13.4. The van der Waals surface area contributed by atoms with Crippen molar-refractivity contribution < 1.29 is 12.8 Å². The van der Waals surface area contributed by atoms with E-state index in [-0.39, 0.29) is 15.7 Å². The minimum Gasteiger partial charge on any atom is -0.334 e. The predicted molar refractivity (Wildman–Crippen MR) is 60.8 cm³/mol. The van der Waals surface area contributed by atoms with Crippen molar-refractivity contribution in [3.63, 3.8) is 0 Å². The summed E-state index contributed by atoms with van der Waals surface area (Å²) in [6.45, 7) is 0. The molecule has 1 heterocycles. The molecule has 1 aromatic carbocycles. The molecule has 0 saturated carbocycles. The highest BCUT2D eigenvalue weighted by atomic mass is 35.5. The van der Waals surface area contributed by atoms with Crippen LogP contribution in [0.5, 0.6) is 0 Å². The lowest BCUT2D eigenvalue weighted by molar-refractivity contribution is 0.596. The number of para-hydroxylation sites is 1. The third-order valence-electron chi connectivity index (χ3n) is 1.96. The Balaban J connectivity index is 2.40. The fourth-order valence-electron chi connectivity index (χ4n) is 1.17. The Morgan fingerprint density at radius 2 is 2.18 bits per heavy atom. The Morgan fingerprint density at radius 3 is 2.76 bits per heavy atom. The van der Waals surface area contributed by atoms with Gasteiger partial charge in [-0.1, -0.05) is 17.7 Å². The number of anilines is 1. The normalized spacial score (nSPS) is 11.4. The van der Waals surface area contributed by atoms with Crippen molar-refractivity contribution in [2.45, 2.75) is 5.03 Å². The van der Waals surface area contributed by atoms with Crippen LogP contribution in [0, 0.1) is 5.82 Å². The molecule has 0 radical (unpaired) electrons. The van der Waals surface area contributed by atoms with Crippen LogP contribution < -0.4 is 4.72 Å². The number of hydrogen-bond acceptors (Lipinski definition) is 3. The summed E-state index contributed by atoms with van der Waals surface area (Å²) in [6.07, 6.45) is 2.31. The minimum absolute atomic E-state index is 0.0203. The summed E-state index contributed by atoms with van der Waals surface area (Å²) in [6, 6.07) is 3.87. The molecule has 0 amide bonds. The minimum atomic E-state index is -3.91. The predicted octanol–water partition coefficient (Wildman–Crippen LogP) is 2.00. The fraction of sp³-hybridized carbons (Fsp3) is 0. The van der Waals surface area contributed by atoms with Crippen molar-refractivity contribution in [2.75, 3.05) is 4.72 Å². The SMILES string of the molecule is O=S(=O)(Nc1c(F)cccc1Cl)c1cnc[nH]1. The van der Waals surface area contributed by atoms with E-state index in [0.717, 1.165) is 12.3 Å². The van der Waals surface area contributed by atoms with Crippen LogP contribution in [-0.4, -0.2) is 18.4 Å². The quantitative estimate of drug-likeness (QED) is 0.900. The van der Waals surface area contributed by atoms with E-state index in [0.29, 0.717) is 0 Å². The molecular weight excluding hydrogens is 269 g/mol. The molecule has 8 heteroatoms. The topological polar surface area (TPSA) is 74.8 Å². The summed E-state index contributed by atoms with van der Waals surface area (Å²) >= 11 is 5.70. The Hall–Kier alpha value is -1.60. The Kier molecular flexibility index (Phi) is 3.03. The number of nitrogens with zero attached hydrogens (tertiary/aromatic N) is 1. The lowest BCUT2D eigenvalue weighted by Crippen LogP contribution is -2.14. The van der Waals surface area contributed by atoms with E-state index in [2.05, 4.69) is 14.7 Å². The number of rotatable bonds is 3. The summed E-state index contributed by atoms with van der Waals surface area (Å²) in [5, 5.41) is -0.190. The van der Waals surface area contributed by atoms with Crippen LogP contribution in [0.3, 0.4) is 0 Å². The zero-order valence-electron chi connectivity index (χ0n) is 8.31. The van der Waals surface area contributed by atoms with Gasteiger partial charge in [0.15, 0.2) is 5.03 Å². The molecule has 0 saturated heterocycles. The maximum atomic E-state index is 13.4. The van der Waals surface area contributed by atoms with Crippen molar-refractivity contribution in [1.29, 1.82) is 0 Å². The van der Waals surface area contributed by atoms with Crippen LogP contribution in [0.15, 0.2) is 35.7 Å². The van der Waals surface area contributed by atoms with Gasteiger partial charge in [-0.3, -0.25) is 4.72 Å². The molecular formula is C9H7ClFN3O2S. The molecule has 0 spiro atoms. The van der Waals surface area contributed by atoms with E-state index in [1.165, 1.54) is 18.5 Å². The van der Waals surface area contributed by atoms with E-state index in [1.807, 2.05) is 0 Å². The molecule has 2 aromatic rings. The van der Waals surface area contributed by atoms with E-state index in [9.17, 15) is 12.8 Å². The van der Waals surface area contributed by atoms with Crippen LogP contribution >= 0.6 is 11.6 Å². The number of aromatic nitrogens is 2. The zero-order chi connectivity index (χ0) is 12.5. The molecule has 0 atom stereocenters. The Bertz CT molecular complexity index is 607. The summed E-state index contributed by atoms with van der Waals surface area (Å²) < 4.78 is 39.0. The summed E-state index contributed by atoms with van der Waals surface area (Å²) in [4.78, 5) is 5.98. The fourth-order valence-corrected chi connectivity index (χ4v) is 2.43. The van der Waals surface area contributed by atoms with Gasteiger partial charge >= 0.3 is 0 Å². The Labute approximate surface area is 102 Å². The second kappa shape index (κ2) is 4.34. The standard InChI is InChI=1S/C9H7ClFN3O2S/c10-6-2-1-3-7(11)9(6)14-17(15,16)8-4-12-5-13-8/h1-5,14H,(H,12,13). The monoisotopic (exact) mass is 275 g/mol. The van der Waals surface area contributed by atoms with Crippen molar-refractivity contribution in [3.8, 4) is 0 Å². The van der Waals surface area contributed by atoms with Gasteiger partial charge in [-0.05, 0) is 12.1 Å². The molecule has 0 fully saturated rings. The average Bonchev–Trinajstić information content (AvgIpc) is 2.77. The van der Waals surface area contributed by atoms with Gasteiger partial charge in [-0.2, -0.15) is 8.42 Å². The lowest BCUT2D eigenvalue weighted by atomic mass is 10.3. The van der Waals surface area contributed by atoms with E-state index < -0.39 is 15.8 Å². The van der Waals surface area contributed by atoms with Crippen molar-refractivity contribution in [2.24, 2.45) is 0 Å². The molecule has 0 aliphatic carbocycles. The zero-order valence-corrected chi connectivity index (χ0v) is 9.89. The highest BCUT2D eigenvalue weighted by molar-refractivity contribution is 7.92. The molecule has 0 aliphatic rings. The van der Waals surface area contributed by atoms with Crippen LogP contribution in [0.1, 0.15) is 0 Å². The summed E-state index contributed by atoms with van der Waals surface area (Å²) in [5.41, 5.74) is -0.288. The number of H-pyrrole nitrogens is 1. The van der Waals surface area contributed by atoms with Crippen molar-refractivity contribution in [3.05, 3.63) is 41.6 Å². The van der Waals surface area contributed by atoms with Crippen LogP contribution in [0.2, 0.25) is 5.02 Å². The number of aromatic amines is 1. The van der Waals surface area contributed by atoms with E-state index in [1.54, 1.807) is 0 Å². The smallest absolute Gasteiger partial charge is 0.279 e. The van der Waals surface area contributed by atoms with E-state index >= 15 is 0 Å². The first-order chi connectivity index (χ1) is 8.00. The second-order valence-electron chi connectivity index (χ2n) is 3.12. The van der Waals surface area contributed by atoms with Gasteiger partial charge < -0.3 is 4.98 Å². The summed E-state index contributed by atoms with van der Waals surface area (Å²) in [5.74, 6) is -0.749. The highest BCUT2D eigenvalue weighted by Crippen LogP contribution is 2.26. The van der Waals surface area contributed by atoms with Crippen LogP contribution in [-0.2, 0) is 10.0 Å². The molecule has 0 unspecified atom stereocenters. The number of nitrogens with one attached hydrogen (secondary N) is 2. The molecule has 5 nitrogen and oxygen atoms in total. The maximum Gasteiger partial charge on any atom is 0.279 e. The molecule has 2 N–H and O–H groups in total. The Morgan fingerprint density at radius 1 is 1.41 bits per heavy atom. The number of hydrogen-bond donors (Lipinski definition) is 2. The highest BCUT2D eigenvalue weighted by Gasteiger charge is 2.19. The first-order valence-corrected chi connectivity index (χ1v) is 6.32. The van der Waals surface area contributed by atoms with Crippen LogP contribution in [0.4, 0.5) is 10.1 Å². The first kappa shape index (κ1) is 11.9. The molecule has 90 valence electrons. The van der Waals surface area contributed by atoms with Crippen molar-refractivity contribution >= 4 is 27.3 Å². The molecule has 0 aliphatic heterocycles. The number of imidazole rings is 1. The van der Waals surface area contributed by atoms with Crippen LogP contribution in [0.25, 0.3) is 0 Å². The van der Waals surface area contributed by atoms with Gasteiger partial charge in [0.2, 0.25) is 0 Å². The molecule has 1 aromatic heterocycles. The number of halogens is 2. The van der Waals surface area contributed by atoms with Gasteiger partial charge in [0.05, 0.1) is 17.5 Å². The van der Waals surface area contributed by atoms with Gasteiger partial charge in [-0.15, -0.1) is 0 Å². The largest absolute Gasteiger partial charge is 0.334 e. The van der Waals surface area contributed by atoms with Gasteiger partial charge in [0.25, 0.3) is 10.0 Å². The third-order valence-corrected chi connectivity index (χ3v) is 3.55. The van der Waals surface area contributed by atoms with Gasteiger partial charge in [-0.25, -0.2) is 9.37 Å². The average molecular weight is 276 g/mol. The van der Waals surface area contributed by atoms with Gasteiger partial charge in [0, 0.05) is 0 Å². The molecule has 17 heavy (non-hydrogen) atoms. The second-order valence-corrected chi connectivity index (χ2v) is 5.18. The van der Waals surface area contributed by atoms with Gasteiger partial charge in [0.1, 0.15) is 11.5 Å².